The number of nitrogens with zero attached hydrogens (tertiary/aromatic N) is 2. The summed E-state index contributed by atoms with van der Waals surface area (Å²) in [5.41, 5.74) is 0.779. The number of hydrogen-bond acceptors (Lipinski definition) is 6. The van der Waals surface area contributed by atoms with E-state index in [9.17, 15) is 4.79 Å². The molecule has 0 radical (unpaired) electrons. The smallest absolute Gasteiger partial charge is 0.356 e. The molecular weight excluding hydrogens is 236 g/mol. The van der Waals surface area contributed by atoms with Crippen molar-refractivity contribution in [3.05, 3.63) is 23.3 Å². The first-order chi connectivity index (χ1) is 8.69. The van der Waals surface area contributed by atoms with Gasteiger partial charge in [-0.05, 0) is 18.9 Å². The van der Waals surface area contributed by atoms with Crippen molar-refractivity contribution in [1.29, 1.82) is 0 Å². The van der Waals surface area contributed by atoms with Gasteiger partial charge in [-0.25, -0.2) is 14.8 Å². The topological polar surface area (TPSA) is 70.5 Å². The highest BCUT2D eigenvalue weighted by Crippen LogP contribution is 2.38. The highest BCUT2D eigenvalue weighted by Gasteiger charge is 2.29. The largest absolute Gasteiger partial charge is 0.464 e. The number of ether oxygens (including phenoxy) is 3. The molecule has 2 rings (SSSR count). The Bertz CT molecular complexity index is 442. The fourth-order valence-corrected chi connectivity index (χ4v) is 1.68. The molecule has 0 aromatic carbocycles. The Balaban J connectivity index is 2.38. The van der Waals surface area contributed by atoms with E-state index >= 15 is 0 Å². The van der Waals surface area contributed by atoms with Crippen molar-refractivity contribution in [2.75, 3.05) is 21.3 Å². The first kappa shape index (κ1) is 12.9. The SMILES string of the molecule is COC(=O)c1cc(C(OC)OC)nc(C2CC2)n1. The lowest BCUT2D eigenvalue weighted by Crippen LogP contribution is -2.13. The number of carbonyl (C=O) groups excluding carboxylic acids is 1. The molecule has 0 bridgehead atoms. The van der Waals surface area contributed by atoms with Gasteiger partial charge in [0.2, 0.25) is 6.29 Å². The van der Waals surface area contributed by atoms with E-state index in [-0.39, 0.29) is 5.69 Å². The van der Waals surface area contributed by atoms with E-state index in [0.717, 1.165) is 12.8 Å². The number of hydrogen-bond donors (Lipinski definition) is 0. The van der Waals surface area contributed by atoms with Gasteiger partial charge in [0.25, 0.3) is 0 Å². The van der Waals surface area contributed by atoms with Crippen LogP contribution in [0.3, 0.4) is 0 Å². The normalized spacial score (nSPS) is 14.9. The fraction of sp³-hybridized carbons (Fsp3) is 0.583. The molecule has 98 valence electrons. The second-order valence-electron chi connectivity index (χ2n) is 4.11. The molecule has 1 aromatic heterocycles. The summed E-state index contributed by atoms with van der Waals surface area (Å²) < 4.78 is 15.0. The van der Waals surface area contributed by atoms with Crippen LogP contribution in [0.5, 0.6) is 0 Å². The van der Waals surface area contributed by atoms with E-state index < -0.39 is 12.3 Å². The van der Waals surface area contributed by atoms with Crippen molar-refractivity contribution in [2.24, 2.45) is 0 Å². The predicted molar refractivity (Wildman–Crippen MR) is 62.1 cm³/mol. The number of carbonyl (C=O) groups is 1. The molecule has 0 N–H and O–H groups in total. The molecule has 0 atom stereocenters. The quantitative estimate of drug-likeness (QED) is 0.583. The van der Waals surface area contributed by atoms with Gasteiger partial charge < -0.3 is 14.2 Å². The Morgan fingerprint density at radius 3 is 2.44 bits per heavy atom. The van der Waals surface area contributed by atoms with E-state index in [1.807, 2.05) is 0 Å². The Kier molecular flexibility index (Phi) is 3.88. The summed E-state index contributed by atoms with van der Waals surface area (Å²) in [4.78, 5) is 20.2. The van der Waals surface area contributed by atoms with Gasteiger partial charge in [0.05, 0.1) is 7.11 Å². The molecule has 0 aliphatic heterocycles. The zero-order valence-electron chi connectivity index (χ0n) is 10.7. The maximum atomic E-state index is 11.6. The number of aromatic nitrogens is 2. The van der Waals surface area contributed by atoms with Crippen LogP contribution in [-0.2, 0) is 14.2 Å². The first-order valence-electron chi connectivity index (χ1n) is 5.72. The maximum Gasteiger partial charge on any atom is 0.356 e. The van der Waals surface area contributed by atoms with Crippen LogP contribution in [-0.4, -0.2) is 37.3 Å². The van der Waals surface area contributed by atoms with E-state index in [1.54, 1.807) is 0 Å². The molecule has 1 aliphatic carbocycles. The lowest BCUT2D eigenvalue weighted by Gasteiger charge is -2.14. The Morgan fingerprint density at radius 2 is 1.94 bits per heavy atom. The third-order valence-electron chi connectivity index (χ3n) is 2.77. The van der Waals surface area contributed by atoms with Gasteiger partial charge in [-0.15, -0.1) is 0 Å². The summed E-state index contributed by atoms with van der Waals surface area (Å²) in [6, 6.07) is 1.54. The van der Waals surface area contributed by atoms with E-state index in [4.69, 9.17) is 9.47 Å². The van der Waals surface area contributed by atoms with Crippen LogP contribution in [0.2, 0.25) is 0 Å². The van der Waals surface area contributed by atoms with E-state index in [0.29, 0.717) is 17.4 Å². The molecule has 1 aromatic rings. The molecule has 1 heterocycles. The second-order valence-corrected chi connectivity index (χ2v) is 4.11. The van der Waals surface area contributed by atoms with Crippen molar-refractivity contribution >= 4 is 5.97 Å². The molecule has 6 nitrogen and oxygen atoms in total. The average molecular weight is 252 g/mol. The number of methoxy groups -OCH3 is 3. The van der Waals surface area contributed by atoms with Crippen molar-refractivity contribution in [2.45, 2.75) is 25.0 Å². The van der Waals surface area contributed by atoms with E-state index in [1.165, 1.54) is 27.4 Å². The van der Waals surface area contributed by atoms with Crippen LogP contribution < -0.4 is 0 Å². The van der Waals surface area contributed by atoms with Crippen molar-refractivity contribution in [1.82, 2.24) is 9.97 Å². The number of esters is 1. The Labute approximate surface area is 105 Å². The lowest BCUT2D eigenvalue weighted by molar-refractivity contribution is -0.108. The molecule has 18 heavy (non-hydrogen) atoms. The van der Waals surface area contributed by atoms with Crippen LogP contribution in [0, 0.1) is 0 Å². The van der Waals surface area contributed by atoms with E-state index in [2.05, 4.69) is 14.7 Å². The zero-order chi connectivity index (χ0) is 13.1. The molecule has 6 heteroatoms. The van der Waals surface area contributed by atoms with Crippen LogP contribution >= 0.6 is 0 Å². The van der Waals surface area contributed by atoms with Crippen molar-refractivity contribution in [3.8, 4) is 0 Å². The molecule has 0 saturated heterocycles. The molecular formula is C12H16N2O4. The van der Waals surface area contributed by atoms with Gasteiger partial charge in [0.15, 0.2) is 5.69 Å². The molecule has 1 fully saturated rings. The van der Waals surface area contributed by atoms with Crippen LogP contribution in [0.15, 0.2) is 6.07 Å². The van der Waals surface area contributed by atoms with Gasteiger partial charge >= 0.3 is 5.97 Å². The van der Waals surface area contributed by atoms with Crippen LogP contribution in [0.4, 0.5) is 0 Å². The second kappa shape index (κ2) is 5.41. The minimum Gasteiger partial charge on any atom is -0.464 e. The van der Waals surface area contributed by atoms with Crippen LogP contribution in [0.1, 0.15) is 47.1 Å². The van der Waals surface area contributed by atoms with Crippen LogP contribution in [0.25, 0.3) is 0 Å². The molecule has 0 amide bonds. The summed E-state index contributed by atoms with van der Waals surface area (Å²) >= 11 is 0. The summed E-state index contributed by atoms with van der Waals surface area (Å²) in [6.07, 6.45) is 1.50. The average Bonchev–Trinajstić information content (AvgIpc) is 3.23. The highest BCUT2D eigenvalue weighted by molar-refractivity contribution is 5.87. The molecule has 0 unspecified atom stereocenters. The first-order valence-corrected chi connectivity index (χ1v) is 5.72. The lowest BCUT2D eigenvalue weighted by atomic mass is 10.2. The molecule has 1 saturated carbocycles. The highest BCUT2D eigenvalue weighted by atomic mass is 16.7. The van der Waals surface area contributed by atoms with Crippen molar-refractivity contribution in [3.63, 3.8) is 0 Å². The summed E-state index contributed by atoms with van der Waals surface area (Å²) in [7, 11) is 4.36. The van der Waals surface area contributed by atoms with Gasteiger partial charge in [-0.3, -0.25) is 0 Å². The van der Waals surface area contributed by atoms with Gasteiger partial charge in [0, 0.05) is 20.1 Å². The third-order valence-corrected chi connectivity index (χ3v) is 2.77. The van der Waals surface area contributed by atoms with Gasteiger partial charge in [0.1, 0.15) is 11.5 Å². The standard InChI is InChI=1S/C12H16N2O4/c1-16-11(15)8-6-9(12(17-2)18-3)14-10(13-8)7-4-5-7/h6-7,12H,4-5H2,1-3H3. The monoisotopic (exact) mass is 252 g/mol. The summed E-state index contributed by atoms with van der Waals surface area (Å²) in [6.45, 7) is 0. The minimum absolute atomic E-state index is 0.239. The van der Waals surface area contributed by atoms with Crippen molar-refractivity contribution < 1.29 is 19.0 Å². The summed E-state index contributed by atoms with van der Waals surface area (Å²) in [5, 5.41) is 0. The molecule has 0 spiro atoms. The number of rotatable bonds is 5. The molecule has 1 aliphatic rings. The zero-order valence-corrected chi connectivity index (χ0v) is 10.7. The third kappa shape index (κ3) is 2.65. The predicted octanol–water partition coefficient (Wildman–Crippen LogP) is 1.43. The minimum atomic E-state index is -0.603. The fourth-order valence-electron chi connectivity index (χ4n) is 1.68. The summed E-state index contributed by atoms with van der Waals surface area (Å²) in [5.74, 6) is 0.515. The Hall–Kier alpha value is -1.53. The van der Waals surface area contributed by atoms with Gasteiger partial charge in [-0.2, -0.15) is 0 Å². The Morgan fingerprint density at radius 1 is 1.28 bits per heavy atom. The van der Waals surface area contributed by atoms with Gasteiger partial charge in [-0.1, -0.05) is 0 Å². The maximum absolute atomic E-state index is 11.6.